The summed E-state index contributed by atoms with van der Waals surface area (Å²) in [4.78, 5) is 11.0. The van der Waals surface area contributed by atoms with Crippen molar-refractivity contribution in [2.75, 3.05) is 21.3 Å². The van der Waals surface area contributed by atoms with Crippen LogP contribution >= 0.6 is 0 Å². The number of carbonyl (C=O) groups is 1. The molecule has 1 aromatic rings. The Kier molecular flexibility index (Phi) is 5.28. The number of carbonyl (C=O) groups excluding carboxylic acids is 1. The fourth-order valence-corrected chi connectivity index (χ4v) is 1.71. The highest BCUT2D eigenvalue weighted by Gasteiger charge is 2.39. The Hall–Kier alpha value is -2.12. The molecule has 1 amide bonds. The minimum absolute atomic E-state index is 0.292. The Bertz CT molecular complexity index is 492. The highest BCUT2D eigenvalue weighted by atomic mass is 19.4. The van der Waals surface area contributed by atoms with Crippen molar-refractivity contribution in [3.63, 3.8) is 0 Å². The van der Waals surface area contributed by atoms with E-state index in [4.69, 9.17) is 14.2 Å². The zero-order valence-corrected chi connectivity index (χ0v) is 12.0. The van der Waals surface area contributed by atoms with Gasteiger partial charge in [-0.25, -0.2) is 0 Å². The van der Waals surface area contributed by atoms with E-state index in [0.29, 0.717) is 22.8 Å². The molecular formula is C13H16F3NO4. The number of benzene rings is 1. The van der Waals surface area contributed by atoms with Gasteiger partial charge in [0.2, 0.25) is 5.75 Å². The second-order valence-electron chi connectivity index (χ2n) is 4.15. The number of ether oxygens (including phenoxy) is 3. The van der Waals surface area contributed by atoms with Gasteiger partial charge >= 0.3 is 12.1 Å². The van der Waals surface area contributed by atoms with E-state index in [1.807, 2.05) is 5.32 Å². The Labute approximate surface area is 120 Å². The molecule has 0 aliphatic heterocycles. The van der Waals surface area contributed by atoms with Crippen molar-refractivity contribution in [3.8, 4) is 17.2 Å². The van der Waals surface area contributed by atoms with E-state index >= 15 is 0 Å². The first-order valence-corrected chi connectivity index (χ1v) is 5.92. The first-order chi connectivity index (χ1) is 9.74. The third-order valence-corrected chi connectivity index (χ3v) is 2.79. The van der Waals surface area contributed by atoms with E-state index < -0.39 is 18.1 Å². The molecule has 8 heteroatoms. The fourth-order valence-electron chi connectivity index (χ4n) is 1.71. The lowest BCUT2D eigenvalue weighted by molar-refractivity contribution is -0.174. The van der Waals surface area contributed by atoms with Crippen LogP contribution in [0.25, 0.3) is 0 Å². The number of amides is 1. The van der Waals surface area contributed by atoms with Crippen molar-refractivity contribution in [3.05, 3.63) is 17.7 Å². The van der Waals surface area contributed by atoms with Crippen molar-refractivity contribution in [1.82, 2.24) is 5.32 Å². The van der Waals surface area contributed by atoms with E-state index in [9.17, 15) is 18.0 Å². The quantitative estimate of drug-likeness (QED) is 0.908. The standard InChI is InChI=1S/C13H16F3NO4/c1-7(17-12(18)13(14,15)16)8-5-9(19-2)11(21-4)10(6-8)20-3/h5-7H,1-4H3,(H,17,18)/t7-/m1/s1. The molecule has 0 aliphatic carbocycles. The summed E-state index contributed by atoms with van der Waals surface area (Å²) in [6.07, 6.45) is -4.94. The third kappa shape index (κ3) is 3.93. The number of halogens is 3. The van der Waals surface area contributed by atoms with Gasteiger partial charge in [0.25, 0.3) is 0 Å². The maximum Gasteiger partial charge on any atom is 0.471 e. The van der Waals surface area contributed by atoms with Crippen LogP contribution < -0.4 is 19.5 Å². The highest BCUT2D eigenvalue weighted by molar-refractivity contribution is 5.82. The minimum Gasteiger partial charge on any atom is -0.493 e. The summed E-state index contributed by atoms with van der Waals surface area (Å²) in [5.41, 5.74) is 0.391. The molecule has 0 saturated heterocycles. The Morgan fingerprint density at radius 1 is 1.10 bits per heavy atom. The Balaban J connectivity index is 3.10. The Morgan fingerprint density at radius 2 is 1.57 bits per heavy atom. The molecule has 1 N–H and O–H groups in total. The molecule has 0 aliphatic rings. The van der Waals surface area contributed by atoms with Crippen LogP contribution in [0.5, 0.6) is 17.2 Å². The van der Waals surface area contributed by atoms with E-state index in [1.54, 1.807) is 0 Å². The summed E-state index contributed by atoms with van der Waals surface area (Å²) in [5.74, 6) is -1.11. The maximum atomic E-state index is 12.3. The molecule has 0 bridgehead atoms. The predicted molar refractivity (Wildman–Crippen MR) is 68.7 cm³/mol. The van der Waals surface area contributed by atoms with Gasteiger partial charge in [-0.3, -0.25) is 4.79 Å². The van der Waals surface area contributed by atoms with Gasteiger partial charge in [0.15, 0.2) is 11.5 Å². The van der Waals surface area contributed by atoms with Crippen LogP contribution in [-0.4, -0.2) is 33.4 Å². The predicted octanol–water partition coefficient (Wildman–Crippen LogP) is 2.45. The molecule has 1 rings (SSSR count). The zero-order chi connectivity index (χ0) is 16.2. The van der Waals surface area contributed by atoms with Crippen LogP contribution in [-0.2, 0) is 4.79 Å². The van der Waals surface area contributed by atoms with Gasteiger partial charge in [-0.1, -0.05) is 0 Å². The topological polar surface area (TPSA) is 56.8 Å². The first kappa shape index (κ1) is 16.9. The van der Waals surface area contributed by atoms with Crippen LogP contribution in [0.15, 0.2) is 12.1 Å². The van der Waals surface area contributed by atoms with Crippen molar-refractivity contribution in [2.24, 2.45) is 0 Å². The monoisotopic (exact) mass is 307 g/mol. The summed E-state index contributed by atoms with van der Waals surface area (Å²) < 4.78 is 52.1. The molecule has 0 saturated carbocycles. The van der Waals surface area contributed by atoms with Crippen LogP contribution in [0.3, 0.4) is 0 Å². The second kappa shape index (κ2) is 6.55. The number of hydrogen-bond donors (Lipinski definition) is 1. The summed E-state index contributed by atoms with van der Waals surface area (Å²) in [6, 6.07) is 2.07. The molecule has 1 atom stereocenters. The molecule has 0 aromatic heterocycles. The lowest BCUT2D eigenvalue weighted by Gasteiger charge is -2.19. The number of alkyl halides is 3. The molecule has 0 fully saturated rings. The SMILES string of the molecule is COc1cc([C@@H](C)NC(=O)C(F)(F)F)cc(OC)c1OC. The first-order valence-electron chi connectivity index (χ1n) is 5.92. The molecule has 0 spiro atoms. The van der Waals surface area contributed by atoms with Crippen molar-refractivity contribution in [2.45, 2.75) is 19.1 Å². The van der Waals surface area contributed by atoms with Crippen LogP contribution in [0.2, 0.25) is 0 Å². The molecule has 5 nitrogen and oxygen atoms in total. The van der Waals surface area contributed by atoms with Gasteiger partial charge in [-0.15, -0.1) is 0 Å². The average Bonchev–Trinajstić information content (AvgIpc) is 2.44. The van der Waals surface area contributed by atoms with Crippen LogP contribution in [0, 0.1) is 0 Å². The van der Waals surface area contributed by atoms with E-state index in [-0.39, 0.29) is 0 Å². The van der Waals surface area contributed by atoms with E-state index in [0.717, 1.165) is 0 Å². The van der Waals surface area contributed by atoms with Crippen molar-refractivity contribution >= 4 is 5.91 Å². The van der Waals surface area contributed by atoms with E-state index in [1.165, 1.54) is 40.4 Å². The maximum absolute atomic E-state index is 12.3. The average molecular weight is 307 g/mol. The molecule has 0 radical (unpaired) electrons. The lowest BCUT2D eigenvalue weighted by Crippen LogP contribution is -2.38. The van der Waals surface area contributed by atoms with E-state index in [2.05, 4.69) is 0 Å². The second-order valence-corrected chi connectivity index (χ2v) is 4.15. The third-order valence-electron chi connectivity index (χ3n) is 2.79. The summed E-state index contributed by atoms with van der Waals surface area (Å²) in [6.45, 7) is 1.42. The van der Waals surface area contributed by atoms with Gasteiger partial charge in [0.05, 0.1) is 27.4 Å². The molecule has 0 unspecified atom stereocenters. The van der Waals surface area contributed by atoms with Gasteiger partial charge in [-0.05, 0) is 24.6 Å². The normalized spacial score (nSPS) is 12.5. The van der Waals surface area contributed by atoms with Gasteiger partial charge in [0.1, 0.15) is 0 Å². The fraction of sp³-hybridized carbons (Fsp3) is 0.462. The minimum atomic E-state index is -4.94. The number of rotatable bonds is 5. The lowest BCUT2D eigenvalue weighted by atomic mass is 10.1. The summed E-state index contributed by atoms with van der Waals surface area (Å²) in [5, 5.41) is 1.86. The zero-order valence-electron chi connectivity index (χ0n) is 12.0. The summed E-state index contributed by atoms with van der Waals surface area (Å²) >= 11 is 0. The molecular weight excluding hydrogens is 291 g/mol. The summed E-state index contributed by atoms with van der Waals surface area (Å²) in [7, 11) is 4.19. The smallest absolute Gasteiger partial charge is 0.471 e. The van der Waals surface area contributed by atoms with Gasteiger partial charge in [0, 0.05) is 0 Å². The number of nitrogens with one attached hydrogen (secondary N) is 1. The number of methoxy groups -OCH3 is 3. The van der Waals surface area contributed by atoms with Crippen molar-refractivity contribution in [1.29, 1.82) is 0 Å². The van der Waals surface area contributed by atoms with Crippen molar-refractivity contribution < 1.29 is 32.2 Å². The number of hydrogen-bond acceptors (Lipinski definition) is 4. The largest absolute Gasteiger partial charge is 0.493 e. The molecule has 0 heterocycles. The molecule has 21 heavy (non-hydrogen) atoms. The van der Waals surface area contributed by atoms with Gasteiger partial charge in [-0.2, -0.15) is 13.2 Å². The van der Waals surface area contributed by atoms with Crippen LogP contribution in [0.4, 0.5) is 13.2 Å². The van der Waals surface area contributed by atoms with Gasteiger partial charge < -0.3 is 19.5 Å². The van der Waals surface area contributed by atoms with Crippen LogP contribution in [0.1, 0.15) is 18.5 Å². The Morgan fingerprint density at radius 3 is 1.90 bits per heavy atom. The highest BCUT2D eigenvalue weighted by Crippen LogP contribution is 2.39. The molecule has 1 aromatic carbocycles. The molecule has 118 valence electrons.